The van der Waals surface area contributed by atoms with E-state index < -0.39 is 11.9 Å². The molecule has 0 saturated carbocycles. The number of nitrogens with two attached hydrogens (primary N) is 1. The van der Waals surface area contributed by atoms with Crippen molar-refractivity contribution >= 4 is 34.0 Å². The third-order valence-electron chi connectivity index (χ3n) is 6.02. The summed E-state index contributed by atoms with van der Waals surface area (Å²) in [6, 6.07) is 16.8. The van der Waals surface area contributed by atoms with E-state index in [9.17, 15) is 13.6 Å². The minimum Gasteiger partial charge on any atom is -0.476 e. The van der Waals surface area contributed by atoms with Crippen molar-refractivity contribution in [3.8, 4) is 22.6 Å². The van der Waals surface area contributed by atoms with Gasteiger partial charge >= 0.3 is 5.97 Å². The van der Waals surface area contributed by atoms with Crippen LogP contribution in [0.2, 0.25) is 0 Å². The maximum atomic E-state index is 13.3. The molecule has 0 unspecified atom stereocenters. The SMILES string of the molecule is CC(F)(F)c1csc(Cn2ncc(-c3c(N)[nH]c4ccccc34)n2)n1.CCc1nc(C(=O)O)c(-c2ccccc2)o1. The number of rotatable bonds is 7. The molecule has 4 aromatic heterocycles. The molecule has 0 radical (unpaired) electrons. The van der Waals surface area contributed by atoms with Crippen LogP contribution in [0.1, 0.15) is 40.9 Å². The lowest BCUT2D eigenvalue weighted by Crippen LogP contribution is -2.09. The fraction of sp³-hybridized carbons (Fsp3) is 0.179. The van der Waals surface area contributed by atoms with E-state index in [0.29, 0.717) is 34.6 Å². The van der Waals surface area contributed by atoms with Crippen LogP contribution in [-0.2, 0) is 18.9 Å². The Balaban J connectivity index is 0.000000182. The number of alkyl halides is 2. The van der Waals surface area contributed by atoms with Gasteiger partial charge in [-0.3, -0.25) is 0 Å². The van der Waals surface area contributed by atoms with Gasteiger partial charge in [0.2, 0.25) is 0 Å². The van der Waals surface area contributed by atoms with Gasteiger partial charge in [-0.15, -0.1) is 11.3 Å². The zero-order valence-electron chi connectivity index (χ0n) is 22.0. The minimum absolute atomic E-state index is 0.0250. The number of halogens is 2. The third kappa shape index (κ3) is 5.99. The molecule has 13 heteroatoms. The quantitative estimate of drug-likeness (QED) is 0.202. The van der Waals surface area contributed by atoms with E-state index in [2.05, 4.69) is 25.1 Å². The Morgan fingerprint density at radius 3 is 2.56 bits per heavy atom. The Morgan fingerprint density at radius 1 is 1.15 bits per heavy atom. The van der Waals surface area contributed by atoms with Gasteiger partial charge in [0.15, 0.2) is 17.3 Å². The molecule has 10 nitrogen and oxygen atoms in total. The molecule has 41 heavy (non-hydrogen) atoms. The van der Waals surface area contributed by atoms with Crippen molar-refractivity contribution in [3.05, 3.63) is 88.5 Å². The molecule has 0 fully saturated rings. The molecule has 4 N–H and O–H groups in total. The highest BCUT2D eigenvalue weighted by molar-refractivity contribution is 7.09. The number of nitrogens with one attached hydrogen (secondary N) is 1. The van der Waals surface area contributed by atoms with E-state index in [-0.39, 0.29) is 17.9 Å². The number of benzene rings is 2. The fourth-order valence-electron chi connectivity index (χ4n) is 4.08. The molecule has 0 aliphatic rings. The topological polar surface area (TPSA) is 149 Å². The van der Waals surface area contributed by atoms with Crippen LogP contribution in [0.25, 0.3) is 33.5 Å². The number of aryl methyl sites for hydroxylation is 1. The maximum Gasteiger partial charge on any atom is 0.358 e. The number of anilines is 1. The van der Waals surface area contributed by atoms with Crippen LogP contribution in [-0.4, -0.2) is 41.0 Å². The van der Waals surface area contributed by atoms with Crippen molar-refractivity contribution in [2.75, 3.05) is 5.73 Å². The standard InChI is InChI=1S/C16H14F2N6S.C12H11NO3/c1-16(17,18)12-8-25-13(22-12)7-24-20-6-11(23-24)14-9-4-2-3-5-10(9)21-15(14)19;1-2-9-13-10(12(14)15)11(16-9)8-6-4-3-5-7-8/h2-6,8,21H,7,19H2,1H3;3-7H,2H2,1H3,(H,14,15). The molecule has 0 amide bonds. The Kier molecular flexibility index (Phi) is 7.62. The number of thiazole rings is 1. The summed E-state index contributed by atoms with van der Waals surface area (Å²) < 4.78 is 32.0. The van der Waals surface area contributed by atoms with Gasteiger partial charge in [0.25, 0.3) is 5.92 Å². The molecular formula is C28H25F2N7O3S. The molecule has 4 heterocycles. The number of para-hydroxylation sites is 1. The highest BCUT2D eigenvalue weighted by atomic mass is 32.1. The lowest BCUT2D eigenvalue weighted by Gasteiger charge is -2.04. The molecule has 0 spiro atoms. The summed E-state index contributed by atoms with van der Waals surface area (Å²) >= 11 is 1.16. The molecule has 0 bridgehead atoms. The molecule has 6 aromatic rings. The van der Waals surface area contributed by atoms with Gasteiger partial charge in [-0.25, -0.2) is 14.8 Å². The minimum atomic E-state index is -2.95. The summed E-state index contributed by atoms with van der Waals surface area (Å²) in [4.78, 5) is 23.4. The van der Waals surface area contributed by atoms with Gasteiger partial charge < -0.3 is 20.2 Å². The average molecular weight is 578 g/mol. The summed E-state index contributed by atoms with van der Waals surface area (Å²) in [7, 11) is 0. The largest absolute Gasteiger partial charge is 0.476 e. The van der Waals surface area contributed by atoms with Crippen LogP contribution in [0.15, 0.2) is 70.6 Å². The number of aromatic nitrogens is 6. The summed E-state index contributed by atoms with van der Waals surface area (Å²) in [6.07, 6.45) is 2.18. The Morgan fingerprint density at radius 2 is 1.88 bits per heavy atom. The van der Waals surface area contributed by atoms with Gasteiger partial charge in [-0.2, -0.15) is 23.8 Å². The average Bonchev–Trinajstić information content (AvgIpc) is 3.74. The van der Waals surface area contributed by atoms with Crippen LogP contribution >= 0.6 is 11.3 Å². The van der Waals surface area contributed by atoms with Gasteiger partial charge in [-0.05, 0) is 6.07 Å². The van der Waals surface area contributed by atoms with Crippen LogP contribution in [0.4, 0.5) is 14.6 Å². The Bertz CT molecular complexity index is 1800. The predicted octanol–water partition coefficient (Wildman–Crippen LogP) is 6.23. The zero-order chi connectivity index (χ0) is 29.1. The second-order valence-electron chi connectivity index (χ2n) is 9.04. The molecule has 6 rings (SSSR count). The summed E-state index contributed by atoms with van der Waals surface area (Å²) in [6.45, 7) is 2.92. The number of H-pyrrole nitrogens is 1. The van der Waals surface area contributed by atoms with Crippen molar-refractivity contribution in [1.82, 2.24) is 29.9 Å². The van der Waals surface area contributed by atoms with E-state index in [0.717, 1.165) is 40.3 Å². The van der Waals surface area contributed by atoms with Crippen LogP contribution < -0.4 is 5.73 Å². The second-order valence-corrected chi connectivity index (χ2v) is 9.99. The first-order chi connectivity index (χ1) is 19.6. The van der Waals surface area contributed by atoms with Gasteiger partial charge in [0.1, 0.15) is 28.8 Å². The monoisotopic (exact) mass is 577 g/mol. The second kappa shape index (κ2) is 11.3. The number of nitrogen functional groups attached to an aromatic ring is 1. The van der Waals surface area contributed by atoms with Crippen molar-refractivity contribution in [2.45, 2.75) is 32.7 Å². The number of aromatic carboxylic acids is 1. The first kappa shape index (κ1) is 27.6. The molecule has 210 valence electrons. The first-order valence-electron chi connectivity index (χ1n) is 12.5. The van der Waals surface area contributed by atoms with Crippen molar-refractivity contribution < 1.29 is 23.1 Å². The molecule has 0 saturated heterocycles. The van der Waals surface area contributed by atoms with Crippen molar-refractivity contribution in [3.63, 3.8) is 0 Å². The number of carbonyl (C=O) groups is 1. The number of aromatic amines is 1. The lowest BCUT2D eigenvalue weighted by molar-refractivity contribution is 0.0132. The van der Waals surface area contributed by atoms with Crippen LogP contribution in [0.3, 0.4) is 0 Å². The van der Waals surface area contributed by atoms with E-state index in [1.807, 2.05) is 49.4 Å². The first-order valence-corrected chi connectivity index (χ1v) is 13.4. The van der Waals surface area contributed by atoms with E-state index in [4.69, 9.17) is 15.3 Å². The number of fused-ring (bicyclic) bond motifs is 1. The van der Waals surface area contributed by atoms with Gasteiger partial charge in [0, 0.05) is 35.2 Å². The van der Waals surface area contributed by atoms with Crippen LogP contribution in [0, 0.1) is 0 Å². The number of carboxylic acids is 1. The molecule has 0 aliphatic heterocycles. The van der Waals surface area contributed by atoms with E-state index >= 15 is 0 Å². The number of nitrogens with zero attached hydrogens (tertiary/aromatic N) is 5. The summed E-state index contributed by atoms with van der Waals surface area (Å²) in [5.41, 5.74) is 8.85. The van der Waals surface area contributed by atoms with Gasteiger partial charge in [-0.1, -0.05) is 55.5 Å². The Hall–Kier alpha value is -4.91. The summed E-state index contributed by atoms with van der Waals surface area (Å²) in [5.74, 6) is -2.74. The predicted molar refractivity (Wildman–Crippen MR) is 151 cm³/mol. The van der Waals surface area contributed by atoms with E-state index in [1.165, 1.54) is 10.2 Å². The van der Waals surface area contributed by atoms with Crippen molar-refractivity contribution in [1.29, 1.82) is 0 Å². The fourth-order valence-corrected chi connectivity index (χ4v) is 4.93. The van der Waals surface area contributed by atoms with Gasteiger partial charge in [0.05, 0.1) is 11.8 Å². The van der Waals surface area contributed by atoms with Crippen LogP contribution in [0.5, 0.6) is 0 Å². The third-order valence-corrected chi connectivity index (χ3v) is 6.85. The zero-order valence-corrected chi connectivity index (χ0v) is 22.8. The Labute approximate surface area is 236 Å². The molecule has 2 aromatic carbocycles. The number of oxazole rings is 1. The summed E-state index contributed by atoms with van der Waals surface area (Å²) in [5, 5.41) is 20.5. The highest BCUT2D eigenvalue weighted by Crippen LogP contribution is 2.33. The maximum absolute atomic E-state index is 13.3. The molecule has 0 aliphatic carbocycles. The number of hydrogen-bond donors (Lipinski definition) is 3. The number of hydrogen-bond acceptors (Lipinski definition) is 8. The van der Waals surface area contributed by atoms with Crippen molar-refractivity contribution in [2.24, 2.45) is 0 Å². The van der Waals surface area contributed by atoms with E-state index in [1.54, 1.807) is 18.3 Å². The molecule has 0 atom stereocenters. The highest BCUT2D eigenvalue weighted by Gasteiger charge is 2.27. The normalized spacial score (nSPS) is 11.4. The smallest absolute Gasteiger partial charge is 0.358 e. The number of carboxylic acid groups (broad SMARTS) is 1. The lowest BCUT2D eigenvalue weighted by atomic mass is 10.1. The molecular weight excluding hydrogens is 552 g/mol.